The molecule has 352 valence electrons. The number of rotatable bonds is 21. The van der Waals surface area contributed by atoms with Gasteiger partial charge in [0.15, 0.2) is 24.8 Å². The summed E-state index contributed by atoms with van der Waals surface area (Å²) < 4.78 is 62.4. The largest absolute Gasteiger partial charge is 0.463 e. The molecule has 2 aliphatic rings. The average molecular weight is 918 g/mol. The van der Waals surface area contributed by atoms with Gasteiger partial charge in [-0.15, -0.1) is 0 Å². The Kier molecular flexibility index (Phi) is 17.6. The summed E-state index contributed by atoms with van der Waals surface area (Å²) in [5, 5.41) is 27.1. The van der Waals surface area contributed by atoms with Gasteiger partial charge in [-0.1, -0.05) is 91.0 Å². The predicted octanol–water partition coefficient (Wildman–Crippen LogP) is 5.58. The van der Waals surface area contributed by atoms with Crippen molar-refractivity contribution in [1.29, 1.82) is 0 Å². The summed E-state index contributed by atoms with van der Waals surface area (Å²) in [6.07, 6.45) is -11.6. The van der Waals surface area contributed by atoms with E-state index >= 15 is 0 Å². The Morgan fingerprint density at radius 1 is 0.606 bits per heavy atom. The van der Waals surface area contributed by atoms with Crippen LogP contribution < -0.4 is 5.32 Å². The quantitative estimate of drug-likeness (QED) is 0.0464. The van der Waals surface area contributed by atoms with Crippen molar-refractivity contribution in [2.75, 3.05) is 25.6 Å². The number of methoxy groups -OCH3 is 1. The second-order valence-electron chi connectivity index (χ2n) is 15.3. The van der Waals surface area contributed by atoms with E-state index in [0.29, 0.717) is 0 Å². The van der Waals surface area contributed by atoms with Gasteiger partial charge in [0.05, 0.1) is 42.3 Å². The van der Waals surface area contributed by atoms with Crippen molar-refractivity contribution >= 4 is 35.0 Å². The van der Waals surface area contributed by atoms with Gasteiger partial charge in [-0.3, -0.25) is 34.6 Å². The Bertz CT molecular complexity index is 2240. The first-order chi connectivity index (χ1) is 31.8. The van der Waals surface area contributed by atoms with Gasteiger partial charge in [-0.25, -0.2) is 0 Å². The fourth-order valence-corrected chi connectivity index (χ4v) is 7.55. The molecule has 20 heteroatoms. The lowest BCUT2D eigenvalue weighted by atomic mass is 9.94. The maximum Gasteiger partial charge on any atom is 0.303 e. The minimum absolute atomic E-state index is 0.0342. The van der Waals surface area contributed by atoms with Crippen molar-refractivity contribution in [2.45, 2.75) is 102 Å². The first-order valence-corrected chi connectivity index (χ1v) is 20.9. The maximum absolute atomic E-state index is 12.9. The van der Waals surface area contributed by atoms with Crippen LogP contribution in [0.2, 0.25) is 0 Å². The SMILES string of the molecule is CO[C@@H]1O[C@H](COCc2ccccc2)[C@@H](OC2O[C@H](COC(C)=O)[C@@H](OC(C)=O)[C@H](OC(C)=O)[C@H]2Nc2ccc([N+](=O)[O-])cc2[N+](=O)[O-])[C@H](OCc2ccccc2)[C@H]1OCc1ccccc1. The third-order valence-electron chi connectivity index (χ3n) is 10.5. The Hall–Kier alpha value is -6.39. The van der Waals surface area contributed by atoms with Gasteiger partial charge < -0.3 is 52.7 Å². The molecule has 2 aliphatic heterocycles. The molecule has 1 N–H and O–H groups in total. The Labute approximate surface area is 379 Å². The first kappa shape index (κ1) is 49.1. The summed E-state index contributed by atoms with van der Waals surface area (Å²) >= 11 is 0. The van der Waals surface area contributed by atoms with E-state index in [0.717, 1.165) is 55.7 Å². The van der Waals surface area contributed by atoms with E-state index in [1.165, 1.54) is 7.11 Å². The first-order valence-electron chi connectivity index (χ1n) is 20.9. The molecule has 10 atom stereocenters. The summed E-state index contributed by atoms with van der Waals surface area (Å²) in [6, 6.07) is 29.3. The predicted molar refractivity (Wildman–Crippen MR) is 230 cm³/mol. The number of nitrogens with zero attached hydrogens (tertiary/aromatic N) is 2. The average Bonchev–Trinajstić information content (AvgIpc) is 3.30. The summed E-state index contributed by atoms with van der Waals surface area (Å²) in [4.78, 5) is 60.3. The van der Waals surface area contributed by atoms with E-state index in [-0.39, 0.29) is 32.1 Å². The lowest BCUT2D eigenvalue weighted by Crippen LogP contribution is -2.67. The smallest absolute Gasteiger partial charge is 0.303 e. The van der Waals surface area contributed by atoms with Crippen LogP contribution in [0.5, 0.6) is 0 Å². The minimum Gasteiger partial charge on any atom is -0.463 e. The molecular formula is C46H51N3O17. The van der Waals surface area contributed by atoms with Gasteiger partial charge in [-0.05, 0) is 22.8 Å². The van der Waals surface area contributed by atoms with Crippen LogP contribution >= 0.6 is 0 Å². The molecule has 0 aliphatic carbocycles. The van der Waals surface area contributed by atoms with Crippen LogP contribution in [-0.2, 0) is 81.6 Å². The highest BCUT2D eigenvalue weighted by molar-refractivity contribution is 5.69. The van der Waals surface area contributed by atoms with Crippen molar-refractivity contribution < 1.29 is 71.6 Å². The van der Waals surface area contributed by atoms with Crippen LogP contribution in [0.15, 0.2) is 109 Å². The molecule has 20 nitrogen and oxygen atoms in total. The fraction of sp³-hybridized carbons (Fsp3) is 0.413. The van der Waals surface area contributed by atoms with E-state index in [1.54, 1.807) is 0 Å². The number of nitro benzene ring substituents is 2. The number of nitro groups is 2. The Morgan fingerprint density at radius 2 is 1.14 bits per heavy atom. The number of carbonyl (C=O) groups excluding carboxylic acids is 3. The molecule has 6 rings (SSSR count). The molecule has 4 aromatic carbocycles. The van der Waals surface area contributed by atoms with E-state index < -0.39 is 107 Å². The molecule has 2 heterocycles. The number of anilines is 1. The standard InChI is InChI=1S/C46H51N3O17/c1-28(50)59-27-38-40(62-29(2)51)42(63-30(3)52)39(47-35-21-20-34(48(53)54)22-36(35)49(55)56)45(64-38)66-41-37(26-58-23-31-14-8-5-9-15-31)65-46(57-4)44(61-25-33-18-12-7-13-19-33)43(41)60-24-32-16-10-6-11-17-32/h5-22,37-47H,23-27H2,1-4H3/t37-,38-,39-,40-,41-,42-,43+,44-,45?,46-/m1/s1. The minimum atomic E-state index is -1.67. The van der Waals surface area contributed by atoms with Crippen LogP contribution in [0, 0.1) is 20.2 Å². The van der Waals surface area contributed by atoms with Crippen LogP contribution in [0.4, 0.5) is 17.1 Å². The van der Waals surface area contributed by atoms with Crippen LogP contribution in [-0.4, -0.2) is 109 Å². The molecule has 2 saturated heterocycles. The number of esters is 3. The summed E-state index contributed by atoms with van der Waals surface area (Å²) in [5.74, 6) is -2.44. The number of nitrogens with one attached hydrogen (secondary N) is 1. The van der Waals surface area contributed by atoms with E-state index in [1.807, 2.05) is 91.0 Å². The van der Waals surface area contributed by atoms with Gasteiger partial charge in [0.2, 0.25) is 0 Å². The topological polar surface area (TPSA) is 242 Å². The molecule has 0 aromatic heterocycles. The van der Waals surface area contributed by atoms with Gasteiger partial charge in [0.1, 0.15) is 48.9 Å². The second kappa shape index (κ2) is 23.7. The van der Waals surface area contributed by atoms with E-state index in [9.17, 15) is 34.6 Å². The second-order valence-corrected chi connectivity index (χ2v) is 15.3. The highest BCUT2D eigenvalue weighted by Gasteiger charge is 2.55. The third kappa shape index (κ3) is 13.3. The van der Waals surface area contributed by atoms with Gasteiger partial charge in [0, 0.05) is 33.9 Å². The number of carbonyl (C=O) groups is 3. The van der Waals surface area contributed by atoms with E-state index in [2.05, 4.69) is 5.32 Å². The van der Waals surface area contributed by atoms with Crippen LogP contribution in [0.25, 0.3) is 0 Å². The van der Waals surface area contributed by atoms with Gasteiger partial charge >= 0.3 is 17.9 Å². The Morgan fingerprint density at radius 3 is 1.67 bits per heavy atom. The third-order valence-corrected chi connectivity index (χ3v) is 10.5. The molecule has 66 heavy (non-hydrogen) atoms. The molecule has 0 amide bonds. The highest BCUT2D eigenvalue weighted by Crippen LogP contribution is 2.38. The molecule has 1 unspecified atom stereocenters. The molecule has 0 spiro atoms. The number of ether oxygens (including phenoxy) is 10. The summed E-state index contributed by atoms with van der Waals surface area (Å²) in [5.41, 5.74) is 0.862. The van der Waals surface area contributed by atoms with Gasteiger partial charge in [0.25, 0.3) is 11.4 Å². The lowest BCUT2D eigenvalue weighted by molar-refractivity contribution is -0.393. The highest BCUT2D eigenvalue weighted by atomic mass is 16.8. The number of non-ortho nitro benzene ring substituents is 1. The zero-order valence-corrected chi connectivity index (χ0v) is 36.5. The number of hydrogen-bond acceptors (Lipinski definition) is 18. The van der Waals surface area contributed by atoms with Crippen LogP contribution in [0.3, 0.4) is 0 Å². The van der Waals surface area contributed by atoms with E-state index in [4.69, 9.17) is 47.4 Å². The summed E-state index contributed by atoms with van der Waals surface area (Å²) in [7, 11) is 1.45. The van der Waals surface area contributed by atoms with Crippen molar-refractivity contribution in [2.24, 2.45) is 0 Å². The molecule has 0 saturated carbocycles. The number of hydrogen-bond donors (Lipinski definition) is 1. The number of benzene rings is 4. The molecular weight excluding hydrogens is 867 g/mol. The van der Waals surface area contributed by atoms with Gasteiger partial charge in [-0.2, -0.15) is 0 Å². The van der Waals surface area contributed by atoms with Crippen LogP contribution in [0.1, 0.15) is 37.5 Å². The van der Waals surface area contributed by atoms with Crippen molar-refractivity contribution in [3.05, 3.63) is 146 Å². The molecule has 2 fully saturated rings. The lowest BCUT2D eigenvalue weighted by Gasteiger charge is -2.50. The molecule has 0 bridgehead atoms. The maximum atomic E-state index is 12.9. The van der Waals surface area contributed by atoms with Crippen molar-refractivity contribution in [1.82, 2.24) is 0 Å². The molecule has 0 radical (unpaired) electrons. The van der Waals surface area contributed by atoms with Crippen molar-refractivity contribution in [3.8, 4) is 0 Å². The normalized spacial score (nSPS) is 25.0. The summed E-state index contributed by atoms with van der Waals surface area (Å²) in [6.45, 7) is 2.93. The molecule has 4 aromatic rings. The monoisotopic (exact) mass is 917 g/mol. The van der Waals surface area contributed by atoms with Crippen molar-refractivity contribution in [3.63, 3.8) is 0 Å². The zero-order valence-electron chi connectivity index (χ0n) is 36.5. The fourth-order valence-electron chi connectivity index (χ4n) is 7.55. The zero-order chi connectivity index (χ0) is 47.2. The Balaban J connectivity index is 1.48.